The lowest BCUT2D eigenvalue weighted by Crippen LogP contribution is -2.40. The van der Waals surface area contributed by atoms with Crippen LogP contribution < -0.4 is 4.74 Å². The number of amides is 1. The molecule has 1 heterocycles. The minimum absolute atomic E-state index is 0.170. The predicted molar refractivity (Wildman–Crippen MR) is 59.8 cm³/mol. The largest absolute Gasteiger partial charge is 0.573 e. The molecule has 1 aliphatic rings. The summed E-state index contributed by atoms with van der Waals surface area (Å²) in [5, 5.41) is 0. The molecule has 0 radical (unpaired) electrons. The smallest absolute Gasteiger partial charge is 0.406 e. The molecule has 19 heavy (non-hydrogen) atoms. The van der Waals surface area contributed by atoms with Crippen LogP contribution in [0.15, 0.2) is 24.3 Å². The van der Waals surface area contributed by atoms with Gasteiger partial charge in [-0.05, 0) is 18.2 Å². The molecule has 104 valence electrons. The van der Waals surface area contributed by atoms with Crippen LogP contribution in [-0.2, 0) is 4.74 Å². The van der Waals surface area contributed by atoms with Crippen LogP contribution in [0.3, 0.4) is 0 Å². The normalized spacial score (nSPS) is 16.3. The Bertz CT molecular complexity index is 456. The molecule has 1 saturated heterocycles. The van der Waals surface area contributed by atoms with E-state index in [0.717, 1.165) is 12.1 Å². The van der Waals surface area contributed by atoms with E-state index in [0.29, 0.717) is 26.3 Å². The first kappa shape index (κ1) is 13.7. The molecule has 2 rings (SSSR count). The number of nitrogens with zero attached hydrogens (tertiary/aromatic N) is 1. The Morgan fingerprint density at radius 2 is 1.95 bits per heavy atom. The van der Waals surface area contributed by atoms with Crippen LogP contribution in [0, 0.1) is 0 Å². The molecule has 1 fully saturated rings. The Balaban J connectivity index is 2.11. The van der Waals surface area contributed by atoms with Crippen LogP contribution >= 0.6 is 0 Å². The Labute approximate surface area is 107 Å². The second-order valence-electron chi connectivity index (χ2n) is 3.98. The summed E-state index contributed by atoms with van der Waals surface area (Å²) in [5.74, 6) is -0.720. The zero-order valence-electron chi connectivity index (χ0n) is 9.94. The van der Waals surface area contributed by atoms with Crippen LogP contribution in [0.1, 0.15) is 10.4 Å². The number of ether oxygens (including phenoxy) is 2. The molecule has 1 aromatic rings. The van der Waals surface area contributed by atoms with Gasteiger partial charge in [-0.25, -0.2) is 0 Å². The average molecular weight is 275 g/mol. The van der Waals surface area contributed by atoms with Gasteiger partial charge < -0.3 is 14.4 Å². The van der Waals surface area contributed by atoms with E-state index >= 15 is 0 Å². The molecule has 0 saturated carbocycles. The van der Waals surface area contributed by atoms with E-state index in [1.807, 2.05) is 0 Å². The van der Waals surface area contributed by atoms with Crippen molar-refractivity contribution in [3.05, 3.63) is 29.8 Å². The van der Waals surface area contributed by atoms with E-state index in [1.165, 1.54) is 17.0 Å². The fourth-order valence-corrected chi connectivity index (χ4v) is 1.78. The second-order valence-corrected chi connectivity index (χ2v) is 3.98. The van der Waals surface area contributed by atoms with Crippen molar-refractivity contribution in [1.82, 2.24) is 4.90 Å². The molecular weight excluding hydrogens is 263 g/mol. The number of hydrogen-bond donors (Lipinski definition) is 0. The molecule has 0 atom stereocenters. The quantitative estimate of drug-likeness (QED) is 0.829. The fraction of sp³-hybridized carbons (Fsp3) is 0.417. The first-order valence-corrected chi connectivity index (χ1v) is 5.68. The van der Waals surface area contributed by atoms with Gasteiger partial charge in [-0.2, -0.15) is 0 Å². The number of hydrogen-bond acceptors (Lipinski definition) is 3. The van der Waals surface area contributed by atoms with Crippen molar-refractivity contribution in [2.75, 3.05) is 26.3 Å². The fourth-order valence-electron chi connectivity index (χ4n) is 1.78. The predicted octanol–water partition coefficient (Wildman–Crippen LogP) is 2.06. The van der Waals surface area contributed by atoms with E-state index in [-0.39, 0.29) is 11.5 Å². The summed E-state index contributed by atoms with van der Waals surface area (Å²) in [6, 6.07) is 5.06. The lowest BCUT2D eigenvalue weighted by atomic mass is 10.2. The Hall–Kier alpha value is -1.76. The van der Waals surface area contributed by atoms with Crippen LogP contribution in [0.2, 0.25) is 0 Å². The van der Waals surface area contributed by atoms with Crippen molar-refractivity contribution in [2.45, 2.75) is 6.36 Å². The maximum atomic E-state index is 12.1. The molecule has 1 amide bonds. The molecule has 4 nitrogen and oxygen atoms in total. The van der Waals surface area contributed by atoms with Crippen molar-refractivity contribution < 1.29 is 27.4 Å². The van der Waals surface area contributed by atoms with Crippen LogP contribution in [0.5, 0.6) is 5.75 Å². The Morgan fingerprint density at radius 1 is 1.26 bits per heavy atom. The number of carbonyl (C=O) groups excluding carboxylic acids is 1. The van der Waals surface area contributed by atoms with E-state index in [1.54, 1.807) is 0 Å². The summed E-state index contributed by atoms with van der Waals surface area (Å²) in [4.78, 5) is 13.6. The zero-order chi connectivity index (χ0) is 13.9. The summed E-state index contributed by atoms with van der Waals surface area (Å²) >= 11 is 0. The highest BCUT2D eigenvalue weighted by atomic mass is 19.4. The molecule has 0 aromatic heterocycles. The third kappa shape index (κ3) is 3.85. The standard InChI is InChI=1S/C12H12F3NO3/c13-12(14,15)19-10-3-1-2-9(8-10)11(17)16-4-6-18-7-5-16/h1-3,8H,4-7H2. The van der Waals surface area contributed by atoms with Gasteiger partial charge in [-0.3, -0.25) is 4.79 Å². The first-order chi connectivity index (χ1) is 8.96. The van der Waals surface area contributed by atoms with Gasteiger partial charge in [0.05, 0.1) is 13.2 Å². The summed E-state index contributed by atoms with van der Waals surface area (Å²) in [6.07, 6.45) is -4.76. The van der Waals surface area contributed by atoms with Gasteiger partial charge >= 0.3 is 6.36 Å². The van der Waals surface area contributed by atoms with Gasteiger partial charge in [0.25, 0.3) is 5.91 Å². The molecule has 1 aliphatic heterocycles. The highest BCUT2D eigenvalue weighted by Gasteiger charge is 2.31. The number of alkyl halides is 3. The van der Waals surface area contributed by atoms with E-state index in [9.17, 15) is 18.0 Å². The molecular formula is C12H12F3NO3. The molecule has 7 heteroatoms. The van der Waals surface area contributed by atoms with Crippen LogP contribution in [0.4, 0.5) is 13.2 Å². The third-order valence-electron chi connectivity index (χ3n) is 2.61. The van der Waals surface area contributed by atoms with Gasteiger partial charge in [-0.15, -0.1) is 13.2 Å². The number of halogens is 3. The molecule has 0 bridgehead atoms. The summed E-state index contributed by atoms with van der Waals surface area (Å²) < 4.78 is 45.2. The monoisotopic (exact) mass is 275 g/mol. The molecule has 0 unspecified atom stereocenters. The van der Waals surface area contributed by atoms with E-state index in [2.05, 4.69) is 4.74 Å². The van der Waals surface area contributed by atoms with Gasteiger partial charge in [-0.1, -0.05) is 6.07 Å². The molecule has 0 N–H and O–H groups in total. The average Bonchev–Trinajstić information content (AvgIpc) is 2.37. The third-order valence-corrected chi connectivity index (χ3v) is 2.61. The zero-order valence-corrected chi connectivity index (χ0v) is 9.94. The molecule has 0 spiro atoms. The lowest BCUT2D eigenvalue weighted by Gasteiger charge is -2.27. The summed E-state index contributed by atoms with van der Waals surface area (Å²) in [6.45, 7) is 1.74. The van der Waals surface area contributed by atoms with Gasteiger partial charge in [0.1, 0.15) is 5.75 Å². The Morgan fingerprint density at radius 3 is 2.58 bits per heavy atom. The minimum atomic E-state index is -4.76. The van der Waals surface area contributed by atoms with Crippen molar-refractivity contribution in [1.29, 1.82) is 0 Å². The van der Waals surface area contributed by atoms with Crippen molar-refractivity contribution >= 4 is 5.91 Å². The van der Waals surface area contributed by atoms with Crippen LogP contribution in [0.25, 0.3) is 0 Å². The highest BCUT2D eigenvalue weighted by molar-refractivity contribution is 5.94. The van der Waals surface area contributed by atoms with Gasteiger partial charge in [0.15, 0.2) is 0 Å². The van der Waals surface area contributed by atoms with Gasteiger partial charge in [0, 0.05) is 18.7 Å². The van der Waals surface area contributed by atoms with Crippen molar-refractivity contribution in [3.8, 4) is 5.75 Å². The first-order valence-electron chi connectivity index (χ1n) is 5.68. The lowest BCUT2D eigenvalue weighted by molar-refractivity contribution is -0.274. The molecule has 1 aromatic carbocycles. The Kier molecular flexibility index (Phi) is 3.94. The maximum absolute atomic E-state index is 12.1. The topological polar surface area (TPSA) is 38.8 Å². The van der Waals surface area contributed by atoms with Crippen molar-refractivity contribution in [2.24, 2.45) is 0 Å². The second kappa shape index (κ2) is 5.48. The summed E-state index contributed by atoms with van der Waals surface area (Å²) in [7, 11) is 0. The number of rotatable bonds is 2. The van der Waals surface area contributed by atoms with Crippen LogP contribution in [-0.4, -0.2) is 43.5 Å². The SMILES string of the molecule is O=C(c1cccc(OC(F)(F)F)c1)N1CCOCC1. The minimum Gasteiger partial charge on any atom is -0.406 e. The van der Waals surface area contributed by atoms with E-state index in [4.69, 9.17) is 4.74 Å². The number of morpholine rings is 1. The maximum Gasteiger partial charge on any atom is 0.573 e. The van der Waals surface area contributed by atoms with E-state index < -0.39 is 12.1 Å². The highest BCUT2D eigenvalue weighted by Crippen LogP contribution is 2.23. The van der Waals surface area contributed by atoms with Gasteiger partial charge in [0.2, 0.25) is 0 Å². The van der Waals surface area contributed by atoms with Crippen molar-refractivity contribution in [3.63, 3.8) is 0 Å². The summed E-state index contributed by atoms with van der Waals surface area (Å²) in [5.41, 5.74) is 0.170. The number of benzene rings is 1. The number of carbonyl (C=O) groups is 1. The molecule has 0 aliphatic carbocycles.